The number of hydrogen-bond acceptors (Lipinski definition) is 3. The molecular weight excluding hydrogens is 224 g/mol. The maximum Gasteiger partial charge on any atom is 0.303 e. The largest absolute Gasteiger partial charge is 0.481 e. The van der Waals surface area contributed by atoms with Gasteiger partial charge in [-0.3, -0.25) is 4.79 Å². The van der Waals surface area contributed by atoms with Crippen LogP contribution >= 0.6 is 11.3 Å². The molecule has 0 bridgehead atoms. The van der Waals surface area contributed by atoms with Crippen LogP contribution in [-0.2, 0) is 11.2 Å². The van der Waals surface area contributed by atoms with Gasteiger partial charge in [0.15, 0.2) is 0 Å². The van der Waals surface area contributed by atoms with Gasteiger partial charge in [0.1, 0.15) is 5.82 Å². The fourth-order valence-electron chi connectivity index (χ4n) is 1.45. The number of nitrogens with one attached hydrogen (secondary N) is 1. The average Bonchev–Trinajstić information content (AvgIpc) is 2.85. The van der Waals surface area contributed by atoms with Gasteiger partial charge in [0.2, 0.25) is 0 Å². The van der Waals surface area contributed by atoms with E-state index in [0.717, 1.165) is 16.4 Å². The van der Waals surface area contributed by atoms with Gasteiger partial charge in [-0.25, -0.2) is 4.98 Å². The summed E-state index contributed by atoms with van der Waals surface area (Å²) in [7, 11) is 0. The van der Waals surface area contributed by atoms with Crippen molar-refractivity contribution >= 4 is 17.3 Å². The van der Waals surface area contributed by atoms with Crippen molar-refractivity contribution in [2.45, 2.75) is 19.3 Å². The van der Waals surface area contributed by atoms with Crippen LogP contribution in [0, 0.1) is 0 Å². The SMILES string of the molecule is O=C(O)CCCc1ncc(-c2cccs2)[nH]1. The van der Waals surface area contributed by atoms with Gasteiger partial charge in [0, 0.05) is 12.8 Å². The third-order valence-corrected chi connectivity index (χ3v) is 3.12. The van der Waals surface area contributed by atoms with E-state index in [1.54, 1.807) is 17.5 Å². The molecule has 84 valence electrons. The minimum atomic E-state index is -0.759. The lowest BCUT2D eigenvalue weighted by Gasteiger charge is -1.94. The van der Waals surface area contributed by atoms with Crippen molar-refractivity contribution in [2.24, 2.45) is 0 Å². The molecule has 0 aromatic carbocycles. The van der Waals surface area contributed by atoms with Gasteiger partial charge < -0.3 is 10.1 Å². The van der Waals surface area contributed by atoms with Gasteiger partial charge in [-0.1, -0.05) is 6.07 Å². The van der Waals surface area contributed by atoms with Gasteiger partial charge in [-0.2, -0.15) is 0 Å². The quantitative estimate of drug-likeness (QED) is 0.838. The van der Waals surface area contributed by atoms with Crippen LogP contribution in [0.1, 0.15) is 18.7 Å². The lowest BCUT2D eigenvalue weighted by Crippen LogP contribution is -1.96. The van der Waals surface area contributed by atoms with Crippen molar-refractivity contribution in [3.63, 3.8) is 0 Å². The Balaban J connectivity index is 1.95. The summed E-state index contributed by atoms with van der Waals surface area (Å²) in [6.07, 6.45) is 3.28. The van der Waals surface area contributed by atoms with Crippen LogP contribution in [0.5, 0.6) is 0 Å². The first-order valence-electron chi connectivity index (χ1n) is 5.05. The second-order valence-electron chi connectivity index (χ2n) is 3.47. The van der Waals surface area contributed by atoms with Crippen LogP contribution in [0.25, 0.3) is 10.6 Å². The van der Waals surface area contributed by atoms with E-state index < -0.39 is 5.97 Å². The Hall–Kier alpha value is -1.62. The predicted molar refractivity (Wildman–Crippen MR) is 62.5 cm³/mol. The number of aliphatic carboxylic acids is 1. The van der Waals surface area contributed by atoms with Gasteiger partial charge >= 0.3 is 5.97 Å². The highest BCUT2D eigenvalue weighted by molar-refractivity contribution is 7.13. The number of nitrogens with zero attached hydrogens (tertiary/aromatic N) is 1. The first kappa shape index (κ1) is 10.9. The lowest BCUT2D eigenvalue weighted by atomic mass is 10.2. The zero-order valence-electron chi connectivity index (χ0n) is 8.64. The highest BCUT2D eigenvalue weighted by Crippen LogP contribution is 2.22. The molecule has 5 heteroatoms. The predicted octanol–water partition coefficient (Wildman–Crippen LogP) is 2.55. The maximum atomic E-state index is 10.4. The molecule has 0 fully saturated rings. The van der Waals surface area contributed by atoms with Crippen molar-refractivity contribution in [1.29, 1.82) is 0 Å². The van der Waals surface area contributed by atoms with E-state index in [0.29, 0.717) is 12.8 Å². The zero-order valence-corrected chi connectivity index (χ0v) is 9.46. The number of carboxylic acids is 1. The number of aryl methyl sites for hydroxylation is 1. The standard InChI is InChI=1S/C11H12N2O2S/c14-11(15)5-1-4-10-12-7-8(13-10)9-3-2-6-16-9/h2-3,6-7H,1,4-5H2,(H,12,13)(H,14,15). The molecule has 2 rings (SSSR count). The van der Waals surface area contributed by atoms with Gasteiger partial charge in [0.05, 0.1) is 16.8 Å². The number of carboxylic acid groups (broad SMARTS) is 1. The van der Waals surface area contributed by atoms with Crippen molar-refractivity contribution in [3.8, 4) is 10.6 Å². The van der Waals surface area contributed by atoms with Crippen molar-refractivity contribution < 1.29 is 9.90 Å². The van der Waals surface area contributed by atoms with Crippen LogP contribution in [-0.4, -0.2) is 21.0 Å². The Morgan fingerprint density at radius 1 is 1.56 bits per heavy atom. The summed E-state index contributed by atoms with van der Waals surface area (Å²) in [6.45, 7) is 0. The highest BCUT2D eigenvalue weighted by atomic mass is 32.1. The van der Waals surface area contributed by atoms with Crippen molar-refractivity contribution in [3.05, 3.63) is 29.5 Å². The number of imidazole rings is 1. The fourth-order valence-corrected chi connectivity index (χ4v) is 2.15. The molecule has 0 atom stereocenters. The number of carbonyl (C=O) groups is 1. The molecule has 2 aromatic heterocycles. The number of aromatic amines is 1. The van der Waals surface area contributed by atoms with E-state index in [2.05, 4.69) is 9.97 Å². The third kappa shape index (κ3) is 2.70. The second-order valence-corrected chi connectivity index (χ2v) is 4.42. The molecule has 0 saturated carbocycles. The van der Waals surface area contributed by atoms with Crippen LogP contribution in [0.4, 0.5) is 0 Å². The Bertz CT molecular complexity index is 462. The van der Waals surface area contributed by atoms with Gasteiger partial charge in [0.25, 0.3) is 0 Å². The lowest BCUT2D eigenvalue weighted by molar-refractivity contribution is -0.137. The van der Waals surface area contributed by atoms with Crippen LogP contribution in [0.15, 0.2) is 23.7 Å². The van der Waals surface area contributed by atoms with Gasteiger partial charge in [-0.05, 0) is 17.9 Å². The summed E-state index contributed by atoms with van der Waals surface area (Å²) >= 11 is 1.65. The monoisotopic (exact) mass is 236 g/mol. The third-order valence-electron chi connectivity index (χ3n) is 2.22. The number of hydrogen-bond donors (Lipinski definition) is 2. The molecule has 4 nitrogen and oxygen atoms in total. The smallest absolute Gasteiger partial charge is 0.303 e. The minimum Gasteiger partial charge on any atom is -0.481 e. The van der Waals surface area contributed by atoms with E-state index in [-0.39, 0.29) is 6.42 Å². The van der Waals surface area contributed by atoms with E-state index in [9.17, 15) is 4.79 Å². The fraction of sp³-hybridized carbons (Fsp3) is 0.273. The Labute approximate surface area is 97.0 Å². The molecule has 0 unspecified atom stereocenters. The zero-order chi connectivity index (χ0) is 11.4. The second kappa shape index (κ2) is 4.94. The number of rotatable bonds is 5. The van der Waals surface area contributed by atoms with E-state index in [1.165, 1.54) is 0 Å². The summed E-state index contributed by atoms with van der Waals surface area (Å²) in [5.41, 5.74) is 1.00. The van der Waals surface area contributed by atoms with E-state index in [4.69, 9.17) is 5.11 Å². The maximum absolute atomic E-state index is 10.4. The summed E-state index contributed by atoms with van der Waals surface area (Å²) < 4.78 is 0. The molecule has 2 aromatic rings. The summed E-state index contributed by atoms with van der Waals surface area (Å²) in [4.78, 5) is 18.9. The molecular formula is C11H12N2O2S. The van der Waals surface area contributed by atoms with E-state index in [1.807, 2.05) is 17.5 Å². The first-order valence-corrected chi connectivity index (χ1v) is 5.93. The molecule has 0 saturated heterocycles. The molecule has 0 aliphatic rings. The number of H-pyrrole nitrogens is 1. The molecule has 2 heterocycles. The summed E-state index contributed by atoms with van der Waals surface area (Å²) in [5.74, 6) is 0.0923. The molecule has 0 aliphatic carbocycles. The summed E-state index contributed by atoms with van der Waals surface area (Å²) in [6, 6.07) is 4.02. The Morgan fingerprint density at radius 2 is 2.44 bits per heavy atom. The normalized spacial score (nSPS) is 10.5. The summed E-state index contributed by atoms with van der Waals surface area (Å²) in [5, 5.41) is 10.5. The Kier molecular flexibility index (Phi) is 3.36. The van der Waals surface area contributed by atoms with Crippen molar-refractivity contribution in [1.82, 2.24) is 9.97 Å². The number of aromatic nitrogens is 2. The average molecular weight is 236 g/mol. The van der Waals surface area contributed by atoms with Crippen LogP contribution < -0.4 is 0 Å². The topological polar surface area (TPSA) is 66.0 Å². The molecule has 2 N–H and O–H groups in total. The molecule has 0 amide bonds. The van der Waals surface area contributed by atoms with E-state index >= 15 is 0 Å². The molecule has 0 radical (unpaired) electrons. The van der Waals surface area contributed by atoms with Crippen LogP contribution in [0.2, 0.25) is 0 Å². The highest BCUT2D eigenvalue weighted by Gasteiger charge is 2.04. The van der Waals surface area contributed by atoms with Crippen molar-refractivity contribution in [2.75, 3.05) is 0 Å². The molecule has 16 heavy (non-hydrogen) atoms. The molecule has 0 aliphatic heterocycles. The Morgan fingerprint density at radius 3 is 3.12 bits per heavy atom. The first-order chi connectivity index (χ1) is 7.75. The molecule has 0 spiro atoms. The minimum absolute atomic E-state index is 0.190. The number of thiophene rings is 1. The van der Waals surface area contributed by atoms with Crippen LogP contribution in [0.3, 0.4) is 0 Å². The van der Waals surface area contributed by atoms with Gasteiger partial charge in [-0.15, -0.1) is 11.3 Å².